The standard InChI is InChI=1S/C44H33N6O.Pt/c1-44(2,3)32-20-23-46-43(24-32)50-38-15-8-7-14-36(38)37-18-17-35(26-40(37)50)51-34-13-9-12-33(25-34)48-29-49(41-28-45-22-21-39(41)48)42-19-16-31(27-47-42)30-10-5-4-6-11-30;/h4-24,27-29H,1-3H3;/q-3;. The summed E-state index contributed by atoms with van der Waals surface area (Å²) in [5.74, 6) is 2.80. The van der Waals surface area contributed by atoms with Crippen molar-refractivity contribution in [3.63, 3.8) is 0 Å². The second kappa shape index (κ2) is 13.4. The summed E-state index contributed by atoms with van der Waals surface area (Å²) < 4.78 is 8.66. The summed E-state index contributed by atoms with van der Waals surface area (Å²) in [6, 6.07) is 46.1. The summed E-state index contributed by atoms with van der Waals surface area (Å²) in [5, 5.41) is 2.22. The first kappa shape index (κ1) is 33.4. The van der Waals surface area contributed by atoms with E-state index in [1.165, 1.54) is 5.56 Å². The Labute approximate surface area is 317 Å². The van der Waals surface area contributed by atoms with Crippen LogP contribution in [0.15, 0.2) is 140 Å². The number of fused-ring (bicyclic) bond motifs is 4. The average molecular weight is 857 g/mol. The van der Waals surface area contributed by atoms with E-state index in [9.17, 15) is 0 Å². The fourth-order valence-corrected chi connectivity index (χ4v) is 6.65. The summed E-state index contributed by atoms with van der Waals surface area (Å²) in [7, 11) is 0. The van der Waals surface area contributed by atoms with Crippen LogP contribution in [-0.2, 0) is 26.5 Å². The Bertz CT molecular complexity index is 2540. The monoisotopic (exact) mass is 856 g/mol. The van der Waals surface area contributed by atoms with Gasteiger partial charge in [0.2, 0.25) is 0 Å². The summed E-state index contributed by atoms with van der Waals surface area (Å²) in [6.45, 7) is 8.66. The first-order valence-electron chi connectivity index (χ1n) is 16.9. The van der Waals surface area contributed by atoms with Gasteiger partial charge < -0.3 is 19.1 Å². The number of aromatic nitrogens is 4. The fourth-order valence-electron chi connectivity index (χ4n) is 6.65. The maximum absolute atomic E-state index is 6.48. The molecule has 0 N–H and O–H groups in total. The van der Waals surface area contributed by atoms with E-state index in [4.69, 9.17) is 14.7 Å². The number of pyridine rings is 3. The Hall–Kier alpha value is -5.78. The van der Waals surface area contributed by atoms with E-state index in [2.05, 4.69) is 108 Å². The third-order valence-corrected chi connectivity index (χ3v) is 9.26. The van der Waals surface area contributed by atoms with Crippen LogP contribution in [-0.4, -0.2) is 19.5 Å². The molecule has 0 saturated carbocycles. The van der Waals surface area contributed by atoms with Gasteiger partial charge in [-0.3, -0.25) is 4.98 Å². The fraction of sp³-hybridized carbons (Fsp3) is 0.0909. The number of hydrogen-bond acceptors (Lipinski definition) is 6. The molecule has 52 heavy (non-hydrogen) atoms. The molecule has 0 unspecified atom stereocenters. The largest absolute Gasteiger partial charge is 0.509 e. The molecular weight excluding hydrogens is 824 g/mol. The number of para-hydroxylation sites is 1. The molecule has 9 rings (SSSR count). The van der Waals surface area contributed by atoms with E-state index < -0.39 is 0 Å². The minimum absolute atomic E-state index is 0. The van der Waals surface area contributed by atoms with Gasteiger partial charge in [-0.25, -0.2) is 9.97 Å². The molecule has 0 atom stereocenters. The second-order valence-electron chi connectivity index (χ2n) is 13.6. The van der Waals surface area contributed by atoms with E-state index in [1.807, 2.05) is 84.8 Å². The van der Waals surface area contributed by atoms with Gasteiger partial charge in [0.25, 0.3) is 0 Å². The predicted molar refractivity (Wildman–Crippen MR) is 204 cm³/mol. The number of hydrogen-bond donors (Lipinski definition) is 0. The Morgan fingerprint density at radius 3 is 2.29 bits per heavy atom. The second-order valence-corrected chi connectivity index (χ2v) is 13.6. The van der Waals surface area contributed by atoms with Crippen LogP contribution in [0.4, 0.5) is 22.9 Å². The zero-order valence-electron chi connectivity index (χ0n) is 28.8. The Balaban J connectivity index is 0.00000387. The summed E-state index contributed by atoms with van der Waals surface area (Å²) >= 11 is 0. The first-order chi connectivity index (χ1) is 24.9. The SMILES string of the molecule is CC(C)(C)c1ccnc(-n2c3[c-]c(Oc4[c-]c(N5[CH-]N(c6ccc(-c7ccccc7)cn6)c6cnccc65)ccc4)ccc3c3ccccc32)c1.[Pt]. The van der Waals surface area contributed by atoms with Gasteiger partial charge in [-0.15, -0.1) is 48.1 Å². The zero-order valence-corrected chi connectivity index (χ0v) is 31.0. The summed E-state index contributed by atoms with van der Waals surface area (Å²) in [6.07, 6.45) is 7.44. The molecule has 0 fully saturated rings. The maximum Gasteiger partial charge on any atom is 0.135 e. The zero-order chi connectivity index (χ0) is 34.5. The first-order valence-corrected chi connectivity index (χ1v) is 16.9. The van der Waals surface area contributed by atoms with E-state index in [-0.39, 0.29) is 26.5 Å². The Morgan fingerprint density at radius 2 is 1.46 bits per heavy atom. The molecule has 8 aromatic rings. The Morgan fingerprint density at radius 1 is 0.635 bits per heavy atom. The molecular formula is C44H33N6OPt-3. The smallest absolute Gasteiger partial charge is 0.135 e. The van der Waals surface area contributed by atoms with Crippen molar-refractivity contribution in [1.29, 1.82) is 0 Å². The summed E-state index contributed by atoms with van der Waals surface area (Å²) in [4.78, 5) is 18.2. The minimum atomic E-state index is -0.0143. The topological polar surface area (TPSA) is 59.3 Å². The van der Waals surface area contributed by atoms with Crippen LogP contribution in [0.25, 0.3) is 38.8 Å². The molecule has 0 radical (unpaired) electrons. The molecule has 1 aliphatic rings. The molecule has 0 spiro atoms. The normalized spacial score (nSPS) is 12.6. The average Bonchev–Trinajstić information content (AvgIpc) is 3.71. The van der Waals surface area contributed by atoms with Crippen LogP contribution < -0.4 is 14.5 Å². The predicted octanol–water partition coefficient (Wildman–Crippen LogP) is 10.7. The van der Waals surface area contributed by atoms with Gasteiger partial charge in [-0.05, 0) is 58.3 Å². The van der Waals surface area contributed by atoms with Crippen LogP contribution in [0.1, 0.15) is 26.3 Å². The minimum Gasteiger partial charge on any atom is -0.509 e. The van der Waals surface area contributed by atoms with Gasteiger partial charge in [0.05, 0.1) is 11.9 Å². The van der Waals surface area contributed by atoms with Gasteiger partial charge in [-0.2, -0.15) is 12.1 Å². The number of anilines is 4. The molecule has 4 aromatic carbocycles. The summed E-state index contributed by atoms with van der Waals surface area (Å²) in [5.41, 5.74) is 8.07. The molecule has 0 bridgehead atoms. The van der Waals surface area contributed by atoms with Gasteiger partial charge in [0.15, 0.2) is 0 Å². The van der Waals surface area contributed by atoms with Crippen LogP contribution >= 0.6 is 0 Å². The Kier molecular flexibility index (Phi) is 8.60. The van der Waals surface area contributed by atoms with Gasteiger partial charge in [0.1, 0.15) is 11.6 Å². The molecule has 1 aliphatic heterocycles. The molecule has 7 nitrogen and oxygen atoms in total. The van der Waals surface area contributed by atoms with Crippen molar-refractivity contribution >= 4 is 44.7 Å². The number of nitrogens with zero attached hydrogens (tertiary/aromatic N) is 6. The van der Waals surface area contributed by atoms with Gasteiger partial charge >= 0.3 is 0 Å². The van der Waals surface area contributed by atoms with Crippen molar-refractivity contribution in [2.24, 2.45) is 0 Å². The third-order valence-electron chi connectivity index (χ3n) is 9.26. The van der Waals surface area contributed by atoms with Crippen LogP contribution in [0.3, 0.4) is 0 Å². The van der Waals surface area contributed by atoms with E-state index in [0.29, 0.717) is 11.5 Å². The number of ether oxygens (including phenoxy) is 1. The molecule has 0 amide bonds. The van der Waals surface area contributed by atoms with E-state index in [0.717, 1.165) is 61.6 Å². The van der Waals surface area contributed by atoms with Crippen molar-refractivity contribution < 1.29 is 25.8 Å². The van der Waals surface area contributed by atoms with Crippen molar-refractivity contribution in [2.75, 3.05) is 9.80 Å². The van der Waals surface area contributed by atoms with Gasteiger partial charge in [0, 0.05) is 67.9 Å². The van der Waals surface area contributed by atoms with Crippen LogP contribution in [0, 0.1) is 18.8 Å². The molecule has 5 heterocycles. The van der Waals surface area contributed by atoms with E-state index in [1.54, 1.807) is 6.20 Å². The molecule has 8 heteroatoms. The van der Waals surface area contributed by atoms with Crippen LogP contribution in [0.2, 0.25) is 0 Å². The molecule has 0 saturated heterocycles. The molecule has 4 aromatic heterocycles. The van der Waals surface area contributed by atoms with Crippen molar-refractivity contribution in [3.05, 3.63) is 164 Å². The third kappa shape index (κ3) is 6.01. The molecule has 0 aliphatic carbocycles. The number of rotatable bonds is 6. The quantitative estimate of drug-likeness (QED) is 0.155. The number of benzene rings is 4. The van der Waals surface area contributed by atoms with Crippen molar-refractivity contribution in [1.82, 2.24) is 19.5 Å². The van der Waals surface area contributed by atoms with Crippen molar-refractivity contribution in [3.8, 4) is 28.4 Å². The molecule has 258 valence electrons. The van der Waals surface area contributed by atoms with Gasteiger partial charge in [-0.1, -0.05) is 74.8 Å². The van der Waals surface area contributed by atoms with E-state index >= 15 is 0 Å². The maximum atomic E-state index is 6.48. The van der Waals surface area contributed by atoms with Crippen LogP contribution in [0.5, 0.6) is 11.5 Å². The van der Waals surface area contributed by atoms with Crippen molar-refractivity contribution in [2.45, 2.75) is 26.2 Å².